The minimum absolute atomic E-state index is 0.202. The van der Waals surface area contributed by atoms with Gasteiger partial charge in [-0.25, -0.2) is 4.98 Å². The first-order valence-electron chi connectivity index (χ1n) is 7.55. The molecule has 0 aliphatic carbocycles. The van der Waals surface area contributed by atoms with Gasteiger partial charge in [-0.05, 0) is 26.2 Å². The van der Waals surface area contributed by atoms with Crippen LogP contribution in [0.2, 0.25) is 0 Å². The van der Waals surface area contributed by atoms with E-state index in [0.717, 1.165) is 31.1 Å². The number of nitrogen functional groups attached to an aromatic ring is 1. The molecule has 0 bridgehead atoms. The molecule has 21 heavy (non-hydrogen) atoms. The Balaban J connectivity index is 1.99. The smallest absolute Gasteiger partial charge is 0.265 e. The molecule has 1 fully saturated rings. The van der Waals surface area contributed by atoms with Crippen LogP contribution in [0.5, 0.6) is 0 Å². The van der Waals surface area contributed by atoms with Crippen LogP contribution in [-0.4, -0.2) is 41.7 Å². The van der Waals surface area contributed by atoms with Crippen LogP contribution in [0, 0.1) is 0 Å². The number of aliphatic hydroxyl groups excluding tert-OH is 1. The van der Waals surface area contributed by atoms with Gasteiger partial charge in [0.15, 0.2) is 5.13 Å². The van der Waals surface area contributed by atoms with Crippen molar-refractivity contribution in [2.24, 2.45) is 0 Å². The first-order chi connectivity index (χ1) is 10.1. The molecule has 2 rings (SSSR count). The van der Waals surface area contributed by atoms with E-state index >= 15 is 0 Å². The maximum absolute atomic E-state index is 12.1. The Labute approximate surface area is 129 Å². The number of hydrogen-bond acceptors (Lipinski definition) is 6. The highest BCUT2D eigenvalue weighted by Crippen LogP contribution is 2.29. The number of nitrogens with one attached hydrogen (secondary N) is 1. The number of rotatable bonds is 5. The normalized spacial score (nSPS) is 17.3. The number of aromatic nitrogens is 1. The molecule has 1 amide bonds. The van der Waals surface area contributed by atoms with Gasteiger partial charge in [0.25, 0.3) is 5.91 Å². The van der Waals surface area contributed by atoms with Crippen molar-refractivity contribution in [2.75, 3.05) is 30.3 Å². The standard InChI is InChI=1S/C14H24N4O2S/c1-10(19)6-7-16-13(20)11-12(15)17-14(21-11)18-8-4-2-3-5-9-18/h10,19H,2-9,15H2,1H3,(H,16,20). The molecule has 118 valence electrons. The molecular weight excluding hydrogens is 288 g/mol. The summed E-state index contributed by atoms with van der Waals surface area (Å²) < 4.78 is 0. The molecule has 1 unspecified atom stereocenters. The minimum Gasteiger partial charge on any atom is -0.393 e. The van der Waals surface area contributed by atoms with Crippen molar-refractivity contribution in [1.29, 1.82) is 0 Å². The van der Waals surface area contributed by atoms with Crippen LogP contribution in [0.3, 0.4) is 0 Å². The summed E-state index contributed by atoms with van der Waals surface area (Å²) in [5, 5.41) is 12.8. The Hall–Kier alpha value is -1.34. The van der Waals surface area contributed by atoms with Crippen molar-refractivity contribution in [3.05, 3.63) is 4.88 Å². The molecule has 0 spiro atoms. The highest BCUT2D eigenvalue weighted by molar-refractivity contribution is 7.18. The van der Waals surface area contributed by atoms with Gasteiger partial charge in [0.05, 0.1) is 6.10 Å². The molecular formula is C14H24N4O2S. The van der Waals surface area contributed by atoms with E-state index in [0.29, 0.717) is 23.7 Å². The van der Waals surface area contributed by atoms with E-state index in [1.54, 1.807) is 6.92 Å². The van der Waals surface area contributed by atoms with Gasteiger partial charge in [-0.15, -0.1) is 0 Å². The summed E-state index contributed by atoms with van der Waals surface area (Å²) in [5.74, 6) is 0.0977. The molecule has 1 aromatic heterocycles. The lowest BCUT2D eigenvalue weighted by Crippen LogP contribution is -2.26. The number of amides is 1. The number of aliphatic hydroxyl groups is 1. The van der Waals surface area contributed by atoms with Crippen molar-refractivity contribution in [2.45, 2.75) is 45.1 Å². The van der Waals surface area contributed by atoms with E-state index in [1.807, 2.05) is 0 Å². The third-order valence-corrected chi connectivity index (χ3v) is 4.70. The topological polar surface area (TPSA) is 91.5 Å². The predicted octanol–water partition coefficient (Wildman–Crippen LogP) is 1.61. The molecule has 6 nitrogen and oxygen atoms in total. The number of nitrogens with zero attached hydrogens (tertiary/aromatic N) is 2. The van der Waals surface area contributed by atoms with Gasteiger partial charge < -0.3 is 21.1 Å². The van der Waals surface area contributed by atoms with E-state index in [4.69, 9.17) is 5.73 Å². The van der Waals surface area contributed by atoms with Crippen LogP contribution in [0.15, 0.2) is 0 Å². The van der Waals surface area contributed by atoms with Crippen molar-refractivity contribution in [3.8, 4) is 0 Å². The predicted molar refractivity (Wildman–Crippen MR) is 85.8 cm³/mol. The lowest BCUT2D eigenvalue weighted by Gasteiger charge is -2.18. The van der Waals surface area contributed by atoms with E-state index in [9.17, 15) is 9.90 Å². The second kappa shape index (κ2) is 7.61. The Morgan fingerprint density at radius 3 is 2.71 bits per heavy atom. The van der Waals surface area contributed by atoms with Crippen LogP contribution in [0.25, 0.3) is 0 Å². The molecule has 1 aliphatic heterocycles. The van der Waals surface area contributed by atoms with Crippen LogP contribution in [0.4, 0.5) is 10.9 Å². The monoisotopic (exact) mass is 312 g/mol. The molecule has 1 saturated heterocycles. The number of carbonyl (C=O) groups excluding carboxylic acids is 1. The van der Waals surface area contributed by atoms with Crippen molar-refractivity contribution in [3.63, 3.8) is 0 Å². The average Bonchev–Trinajstić information content (AvgIpc) is 2.64. The third kappa shape index (κ3) is 4.57. The summed E-state index contributed by atoms with van der Waals surface area (Å²) in [6.07, 6.45) is 4.94. The molecule has 0 aromatic carbocycles. The van der Waals surface area contributed by atoms with Gasteiger partial charge in [0.2, 0.25) is 0 Å². The van der Waals surface area contributed by atoms with Gasteiger partial charge in [-0.3, -0.25) is 4.79 Å². The number of hydrogen-bond donors (Lipinski definition) is 3. The van der Waals surface area contributed by atoms with E-state index in [-0.39, 0.29) is 5.91 Å². The fourth-order valence-corrected chi connectivity index (χ4v) is 3.31. The number of anilines is 2. The molecule has 2 heterocycles. The highest BCUT2D eigenvalue weighted by Gasteiger charge is 2.20. The Kier molecular flexibility index (Phi) is 5.81. The number of carbonyl (C=O) groups is 1. The summed E-state index contributed by atoms with van der Waals surface area (Å²) >= 11 is 1.36. The second-order valence-corrected chi connectivity index (χ2v) is 6.48. The van der Waals surface area contributed by atoms with Crippen molar-refractivity contribution in [1.82, 2.24) is 10.3 Å². The lowest BCUT2D eigenvalue weighted by molar-refractivity contribution is 0.0950. The second-order valence-electron chi connectivity index (χ2n) is 5.51. The summed E-state index contributed by atoms with van der Waals surface area (Å²) in [7, 11) is 0. The quantitative estimate of drug-likeness (QED) is 0.768. The van der Waals surface area contributed by atoms with Crippen molar-refractivity contribution >= 4 is 28.2 Å². The van der Waals surface area contributed by atoms with Gasteiger partial charge >= 0.3 is 0 Å². The zero-order valence-corrected chi connectivity index (χ0v) is 13.3. The molecule has 0 radical (unpaired) electrons. The van der Waals surface area contributed by atoms with E-state index in [1.165, 1.54) is 24.2 Å². The molecule has 1 aliphatic rings. The largest absolute Gasteiger partial charge is 0.393 e. The molecule has 7 heteroatoms. The summed E-state index contributed by atoms with van der Waals surface area (Å²) in [4.78, 5) is 19.1. The highest BCUT2D eigenvalue weighted by atomic mass is 32.1. The fraction of sp³-hybridized carbons (Fsp3) is 0.714. The number of thiazole rings is 1. The zero-order valence-electron chi connectivity index (χ0n) is 12.5. The Bertz CT molecular complexity index is 468. The Morgan fingerprint density at radius 1 is 1.43 bits per heavy atom. The van der Waals surface area contributed by atoms with Gasteiger partial charge in [-0.1, -0.05) is 24.2 Å². The summed E-state index contributed by atoms with van der Waals surface area (Å²) in [5.41, 5.74) is 5.88. The fourth-order valence-electron chi connectivity index (χ4n) is 2.35. The molecule has 4 N–H and O–H groups in total. The molecule has 1 atom stereocenters. The third-order valence-electron chi connectivity index (χ3n) is 3.57. The number of nitrogens with two attached hydrogens (primary N) is 1. The first-order valence-corrected chi connectivity index (χ1v) is 8.37. The molecule has 0 saturated carbocycles. The SMILES string of the molecule is CC(O)CCNC(=O)c1sc(N2CCCCCC2)nc1N. The van der Waals surface area contributed by atoms with Crippen LogP contribution in [0.1, 0.15) is 48.7 Å². The molecule has 1 aromatic rings. The average molecular weight is 312 g/mol. The van der Waals surface area contributed by atoms with Crippen LogP contribution in [-0.2, 0) is 0 Å². The van der Waals surface area contributed by atoms with Gasteiger partial charge in [0, 0.05) is 19.6 Å². The summed E-state index contributed by atoms with van der Waals surface area (Å²) in [6, 6.07) is 0. The van der Waals surface area contributed by atoms with E-state index < -0.39 is 6.10 Å². The van der Waals surface area contributed by atoms with Crippen LogP contribution < -0.4 is 16.0 Å². The first kappa shape index (κ1) is 16.0. The Morgan fingerprint density at radius 2 is 2.10 bits per heavy atom. The maximum atomic E-state index is 12.1. The van der Waals surface area contributed by atoms with E-state index in [2.05, 4.69) is 15.2 Å². The zero-order chi connectivity index (χ0) is 15.2. The van der Waals surface area contributed by atoms with Gasteiger partial charge in [-0.2, -0.15) is 0 Å². The van der Waals surface area contributed by atoms with Crippen LogP contribution >= 0.6 is 11.3 Å². The minimum atomic E-state index is -0.420. The lowest BCUT2D eigenvalue weighted by atomic mass is 10.2. The maximum Gasteiger partial charge on any atom is 0.265 e. The van der Waals surface area contributed by atoms with Crippen molar-refractivity contribution < 1.29 is 9.90 Å². The van der Waals surface area contributed by atoms with Gasteiger partial charge in [0.1, 0.15) is 10.7 Å². The summed E-state index contributed by atoms with van der Waals surface area (Å²) in [6.45, 7) is 4.10.